The van der Waals surface area contributed by atoms with Crippen molar-refractivity contribution >= 4 is 10.1 Å². The van der Waals surface area contributed by atoms with Gasteiger partial charge in [0.25, 0.3) is 10.1 Å². The largest absolute Gasteiger partial charge is 0.296 e. The molecule has 26 heavy (non-hydrogen) atoms. The molecular weight excluding hydrogens is 344 g/mol. The van der Waals surface area contributed by atoms with Crippen molar-refractivity contribution in [3.63, 3.8) is 0 Å². The van der Waals surface area contributed by atoms with Crippen molar-refractivity contribution in [3.05, 3.63) is 102 Å². The van der Waals surface area contributed by atoms with Gasteiger partial charge in [0.05, 0.1) is 11.5 Å². The minimum Gasteiger partial charge on any atom is -0.266 e. The maximum Gasteiger partial charge on any atom is 0.296 e. The molecule has 134 valence electrons. The third-order valence-corrected chi connectivity index (χ3v) is 5.63. The summed E-state index contributed by atoms with van der Waals surface area (Å²) in [5.41, 5.74) is 3.23. The summed E-state index contributed by atoms with van der Waals surface area (Å²) in [6.45, 7) is 2.03. The minimum atomic E-state index is -3.77. The summed E-state index contributed by atoms with van der Waals surface area (Å²) in [7, 11) is -3.77. The Labute approximate surface area is 155 Å². The van der Waals surface area contributed by atoms with Gasteiger partial charge in [-0.1, -0.05) is 78.4 Å². The van der Waals surface area contributed by atoms with Crippen molar-refractivity contribution in [3.8, 4) is 0 Å². The Morgan fingerprint density at radius 1 is 0.808 bits per heavy atom. The van der Waals surface area contributed by atoms with Crippen molar-refractivity contribution < 1.29 is 12.6 Å². The molecule has 3 aromatic carbocycles. The van der Waals surface area contributed by atoms with E-state index >= 15 is 0 Å². The summed E-state index contributed by atoms with van der Waals surface area (Å²) in [5.74, 6) is -0.0428. The van der Waals surface area contributed by atoms with Crippen molar-refractivity contribution in [2.75, 3.05) is 6.61 Å². The normalized spacial score (nSPS) is 12.7. The van der Waals surface area contributed by atoms with E-state index in [4.69, 9.17) is 4.18 Å². The molecule has 0 radical (unpaired) electrons. The zero-order chi connectivity index (χ0) is 18.4. The Morgan fingerprint density at radius 3 is 2.00 bits per heavy atom. The van der Waals surface area contributed by atoms with Gasteiger partial charge in [-0.15, -0.1) is 0 Å². The van der Waals surface area contributed by atoms with Gasteiger partial charge < -0.3 is 0 Å². The van der Waals surface area contributed by atoms with Gasteiger partial charge in [-0.25, -0.2) is 0 Å². The van der Waals surface area contributed by atoms with Gasteiger partial charge in [-0.05, 0) is 36.6 Å². The molecule has 0 bridgehead atoms. The summed E-state index contributed by atoms with van der Waals surface area (Å²) >= 11 is 0. The van der Waals surface area contributed by atoms with E-state index in [0.717, 1.165) is 16.7 Å². The first-order valence-electron chi connectivity index (χ1n) is 8.59. The fourth-order valence-corrected chi connectivity index (χ4v) is 3.79. The first-order chi connectivity index (χ1) is 12.5. The highest BCUT2D eigenvalue weighted by Crippen LogP contribution is 2.23. The molecule has 0 N–H and O–H groups in total. The Kier molecular flexibility index (Phi) is 5.86. The number of benzene rings is 3. The molecule has 0 saturated carbocycles. The van der Waals surface area contributed by atoms with Crippen LogP contribution in [0.15, 0.2) is 89.8 Å². The van der Waals surface area contributed by atoms with Gasteiger partial charge in [0, 0.05) is 5.92 Å². The van der Waals surface area contributed by atoms with E-state index in [1.54, 1.807) is 24.3 Å². The molecule has 0 aliphatic heterocycles. The SMILES string of the molecule is Cc1ccc(S(=O)(=O)OC[C@@H](Cc2ccccc2)c2ccccc2)cc1. The lowest BCUT2D eigenvalue weighted by Gasteiger charge is -2.18. The van der Waals surface area contributed by atoms with Gasteiger partial charge in [-0.3, -0.25) is 4.18 Å². The van der Waals surface area contributed by atoms with Gasteiger partial charge in [0.15, 0.2) is 0 Å². The second-order valence-electron chi connectivity index (χ2n) is 6.35. The van der Waals surface area contributed by atoms with Crippen molar-refractivity contribution in [1.82, 2.24) is 0 Å². The average molecular weight is 366 g/mol. The van der Waals surface area contributed by atoms with Crippen LogP contribution in [0.25, 0.3) is 0 Å². The molecule has 1 atom stereocenters. The molecule has 0 spiro atoms. The molecule has 0 unspecified atom stereocenters. The maximum atomic E-state index is 12.5. The Morgan fingerprint density at radius 2 is 1.38 bits per heavy atom. The molecule has 0 aliphatic carbocycles. The van der Waals surface area contributed by atoms with Crippen LogP contribution in [0.4, 0.5) is 0 Å². The van der Waals surface area contributed by atoms with E-state index in [-0.39, 0.29) is 17.4 Å². The van der Waals surface area contributed by atoms with E-state index in [1.165, 1.54) is 0 Å². The van der Waals surface area contributed by atoms with Crippen LogP contribution in [-0.4, -0.2) is 15.0 Å². The zero-order valence-corrected chi connectivity index (χ0v) is 15.5. The number of aryl methyl sites for hydroxylation is 1. The molecule has 3 aromatic rings. The summed E-state index contributed by atoms with van der Waals surface area (Å²) in [6.07, 6.45) is 0.717. The van der Waals surface area contributed by atoms with Gasteiger partial charge in [-0.2, -0.15) is 8.42 Å². The Balaban J connectivity index is 1.78. The van der Waals surface area contributed by atoms with Crippen LogP contribution in [-0.2, 0) is 20.7 Å². The van der Waals surface area contributed by atoms with Crippen LogP contribution in [0.5, 0.6) is 0 Å². The van der Waals surface area contributed by atoms with Crippen molar-refractivity contribution in [2.24, 2.45) is 0 Å². The van der Waals surface area contributed by atoms with Gasteiger partial charge >= 0.3 is 0 Å². The van der Waals surface area contributed by atoms with Crippen LogP contribution >= 0.6 is 0 Å². The molecule has 0 aliphatic rings. The molecule has 0 fully saturated rings. The van der Waals surface area contributed by atoms with E-state index in [0.29, 0.717) is 6.42 Å². The van der Waals surface area contributed by atoms with Crippen LogP contribution < -0.4 is 0 Å². The van der Waals surface area contributed by atoms with E-state index < -0.39 is 10.1 Å². The Bertz CT molecular complexity index is 918. The van der Waals surface area contributed by atoms with E-state index in [9.17, 15) is 8.42 Å². The number of rotatable bonds is 7. The highest BCUT2D eigenvalue weighted by atomic mass is 32.2. The second kappa shape index (κ2) is 8.30. The minimum absolute atomic E-state index is 0.0428. The van der Waals surface area contributed by atoms with Crippen LogP contribution in [0.1, 0.15) is 22.6 Å². The molecule has 0 heterocycles. The summed E-state index contributed by atoms with van der Waals surface area (Å²) in [5, 5.41) is 0. The lowest BCUT2D eigenvalue weighted by Crippen LogP contribution is -2.15. The maximum absolute atomic E-state index is 12.5. The number of hydrogen-bond acceptors (Lipinski definition) is 3. The molecule has 0 aromatic heterocycles. The third kappa shape index (κ3) is 4.81. The van der Waals surface area contributed by atoms with Crippen LogP contribution in [0.2, 0.25) is 0 Å². The summed E-state index contributed by atoms with van der Waals surface area (Å²) in [4.78, 5) is 0.189. The lowest BCUT2D eigenvalue weighted by molar-refractivity contribution is 0.290. The number of hydrogen-bond donors (Lipinski definition) is 0. The van der Waals surface area contributed by atoms with E-state index in [1.807, 2.05) is 67.6 Å². The molecular formula is C22H22O3S. The third-order valence-electron chi connectivity index (χ3n) is 4.33. The highest BCUT2D eigenvalue weighted by molar-refractivity contribution is 7.86. The predicted molar refractivity (Wildman–Crippen MR) is 104 cm³/mol. The predicted octanol–water partition coefficient (Wildman–Crippen LogP) is 4.73. The smallest absolute Gasteiger partial charge is 0.266 e. The first-order valence-corrected chi connectivity index (χ1v) is 10.0. The molecule has 4 heteroatoms. The Hall–Kier alpha value is -2.43. The van der Waals surface area contributed by atoms with Gasteiger partial charge in [0.2, 0.25) is 0 Å². The van der Waals surface area contributed by atoms with E-state index in [2.05, 4.69) is 0 Å². The first kappa shape index (κ1) is 18.4. The molecule has 3 rings (SSSR count). The molecule has 0 saturated heterocycles. The second-order valence-corrected chi connectivity index (χ2v) is 7.96. The van der Waals surface area contributed by atoms with Crippen molar-refractivity contribution in [2.45, 2.75) is 24.2 Å². The van der Waals surface area contributed by atoms with Crippen molar-refractivity contribution in [1.29, 1.82) is 0 Å². The zero-order valence-electron chi connectivity index (χ0n) is 14.7. The van der Waals surface area contributed by atoms with Crippen LogP contribution in [0, 0.1) is 6.92 Å². The topological polar surface area (TPSA) is 43.4 Å². The monoisotopic (exact) mass is 366 g/mol. The fourth-order valence-electron chi connectivity index (χ4n) is 2.84. The lowest BCUT2D eigenvalue weighted by atomic mass is 9.93. The fraction of sp³-hybridized carbons (Fsp3) is 0.182. The quantitative estimate of drug-likeness (QED) is 0.568. The van der Waals surface area contributed by atoms with Gasteiger partial charge in [0.1, 0.15) is 0 Å². The standard InChI is InChI=1S/C22H22O3S/c1-18-12-14-22(15-13-18)26(23,24)25-17-21(20-10-6-3-7-11-20)16-19-8-4-2-5-9-19/h2-15,21H,16-17H2,1H3/t21-/m1/s1. The molecule has 3 nitrogen and oxygen atoms in total. The molecule has 0 amide bonds. The summed E-state index contributed by atoms with van der Waals surface area (Å²) < 4.78 is 30.4. The van der Waals surface area contributed by atoms with Crippen LogP contribution in [0.3, 0.4) is 0 Å². The highest BCUT2D eigenvalue weighted by Gasteiger charge is 2.20. The average Bonchev–Trinajstić information content (AvgIpc) is 2.67. The summed E-state index contributed by atoms with van der Waals surface area (Å²) in [6, 6.07) is 26.6.